The standard InChI is InChI=1S/C19H26N2O3/c1-14-4-2-6-17(12-14)24-11-9-20-18(22)16-5-3-10-21(13-16)19(23)15-7-8-15/h2,4,6,12,15-16H,3,5,7-11,13H2,1H3,(H,20,22)/t16-/m1/s1. The molecule has 2 amide bonds. The molecule has 24 heavy (non-hydrogen) atoms. The van der Waals surface area contributed by atoms with Gasteiger partial charge in [0.2, 0.25) is 11.8 Å². The largest absolute Gasteiger partial charge is 0.492 e. The van der Waals surface area contributed by atoms with Crippen LogP contribution in [0.2, 0.25) is 0 Å². The molecule has 1 aromatic carbocycles. The number of nitrogens with zero attached hydrogens (tertiary/aromatic N) is 1. The SMILES string of the molecule is Cc1cccc(OCCNC(=O)[C@@H]2CCCN(C(=O)C3CC3)C2)c1. The summed E-state index contributed by atoms with van der Waals surface area (Å²) < 4.78 is 5.64. The Balaban J connectivity index is 1.39. The number of nitrogens with one attached hydrogen (secondary N) is 1. The van der Waals surface area contributed by atoms with Crippen LogP contribution in [0.25, 0.3) is 0 Å². The fourth-order valence-corrected chi connectivity index (χ4v) is 3.17. The first-order chi connectivity index (χ1) is 11.6. The number of rotatable bonds is 6. The van der Waals surface area contributed by atoms with Crippen LogP contribution in [0.15, 0.2) is 24.3 Å². The number of amides is 2. The zero-order valence-corrected chi connectivity index (χ0v) is 14.3. The molecule has 1 aliphatic carbocycles. The summed E-state index contributed by atoms with van der Waals surface area (Å²) in [5, 5.41) is 2.94. The van der Waals surface area contributed by atoms with Gasteiger partial charge in [-0.15, -0.1) is 0 Å². The second-order valence-corrected chi connectivity index (χ2v) is 6.85. The third-order valence-corrected chi connectivity index (χ3v) is 4.69. The maximum atomic E-state index is 12.3. The van der Waals surface area contributed by atoms with E-state index >= 15 is 0 Å². The van der Waals surface area contributed by atoms with E-state index < -0.39 is 0 Å². The Kier molecular flexibility index (Phi) is 5.38. The van der Waals surface area contributed by atoms with Crippen LogP contribution in [0.3, 0.4) is 0 Å². The first kappa shape index (κ1) is 16.8. The van der Waals surface area contributed by atoms with Crippen molar-refractivity contribution in [2.75, 3.05) is 26.2 Å². The van der Waals surface area contributed by atoms with E-state index in [4.69, 9.17) is 4.74 Å². The molecule has 1 N–H and O–H groups in total. The lowest BCUT2D eigenvalue weighted by Gasteiger charge is -2.32. The molecule has 1 aliphatic heterocycles. The highest BCUT2D eigenvalue weighted by Crippen LogP contribution is 2.32. The maximum absolute atomic E-state index is 12.3. The van der Waals surface area contributed by atoms with E-state index in [1.165, 1.54) is 0 Å². The van der Waals surface area contributed by atoms with E-state index in [-0.39, 0.29) is 23.7 Å². The fraction of sp³-hybridized carbons (Fsp3) is 0.579. The summed E-state index contributed by atoms with van der Waals surface area (Å²) in [4.78, 5) is 26.3. The first-order valence-corrected chi connectivity index (χ1v) is 8.89. The van der Waals surface area contributed by atoms with Gasteiger partial charge in [0.25, 0.3) is 0 Å². The topological polar surface area (TPSA) is 58.6 Å². The molecule has 0 unspecified atom stereocenters. The highest BCUT2D eigenvalue weighted by molar-refractivity contribution is 5.83. The maximum Gasteiger partial charge on any atom is 0.225 e. The van der Waals surface area contributed by atoms with Gasteiger partial charge in [-0.25, -0.2) is 0 Å². The molecule has 3 rings (SSSR count). The average molecular weight is 330 g/mol. The number of ether oxygens (including phenoxy) is 1. The van der Waals surface area contributed by atoms with Crippen LogP contribution in [-0.4, -0.2) is 43.0 Å². The van der Waals surface area contributed by atoms with Crippen LogP contribution >= 0.6 is 0 Å². The second-order valence-electron chi connectivity index (χ2n) is 6.85. The Bertz CT molecular complexity index is 598. The molecule has 130 valence electrons. The Morgan fingerprint density at radius 2 is 2.08 bits per heavy atom. The highest BCUT2D eigenvalue weighted by atomic mass is 16.5. The van der Waals surface area contributed by atoms with Crippen molar-refractivity contribution in [2.24, 2.45) is 11.8 Å². The minimum Gasteiger partial charge on any atom is -0.492 e. The lowest BCUT2D eigenvalue weighted by atomic mass is 9.97. The number of hydrogen-bond acceptors (Lipinski definition) is 3. The van der Waals surface area contributed by atoms with Gasteiger partial charge in [0.1, 0.15) is 12.4 Å². The van der Waals surface area contributed by atoms with Crippen LogP contribution in [0.4, 0.5) is 0 Å². The van der Waals surface area contributed by atoms with Crippen LogP contribution in [0.5, 0.6) is 5.75 Å². The predicted molar refractivity (Wildman–Crippen MR) is 91.7 cm³/mol. The molecule has 0 aromatic heterocycles. The minimum atomic E-state index is -0.0829. The summed E-state index contributed by atoms with van der Waals surface area (Å²) in [7, 11) is 0. The molecule has 1 heterocycles. The molecule has 5 nitrogen and oxygen atoms in total. The fourth-order valence-electron chi connectivity index (χ4n) is 3.17. The summed E-state index contributed by atoms with van der Waals surface area (Å²) in [5.41, 5.74) is 1.15. The number of carbonyl (C=O) groups is 2. The van der Waals surface area contributed by atoms with Crippen molar-refractivity contribution in [1.82, 2.24) is 10.2 Å². The number of likely N-dealkylation sites (tertiary alicyclic amines) is 1. The van der Waals surface area contributed by atoms with Crippen LogP contribution < -0.4 is 10.1 Å². The van der Waals surface area contributed by atoms with Gasteiger partial charge in [-0.2, -0.15) is 0 Å². The molecule has 2 aliphatic rings. The zero-order chi connectivity index (χ0) is 16.9. The second kappa shape index (κ2) is 7.69. The zero-order valence-electron chi connectivity index (χ0n) is 14.3. The van der Waals surface area contributed by atoms with Gasteiger partial charge in [-0.3, -0.25) is 9.59 Å². The molecule has 2 fully saturated rings. The Morgan fingerprint density at radius 3 is 2.83 bits per heavy atom. The van der Waals surface area contributed by atoms with E-state index in [2.05, 4.69) is 5.32 Å². The van der Waals surface area contributed by atoms with Crippen molar-refractivity contribution in [2.45, 2.75) is 32.6 Å². The van der Waals surface area contributed by atoms with Crippen molar-refractivity contribution in [3.8, 4) is 5.75 Å². The van der Waals surface area contributed by atoms with Gasteiger partial charge < -0.3 is 15.0 Å². The van der Waals surface area contributed by atoms with Crippen molar-refractivity contribution in [3.05, 3.63) is 29.8 Å². The number of benzene rings is 1. The Morgan fingerprint density at radius 1 is 1.25 bits per heavy atom. The van der Waals surface area contributed by atoms with E-state index in [1.54, 1.807) is 0 Å². The number of hydrogen-bond donors (Lipinski definition) is 1. The minimum absolute atomic E-state index is 0.0381. The molecule has 1 saturated heterocycles. The van der Waals surface area contributed by atoms with Crippen LogP contribution in [0.1, 0.15) is 31.2 Å². The van der Waals surface area contributed by atoms with E-state index in [0.29, 0.717) is 19.7 Å². The van der Waals surface area contributed by atoms with E-state index in [9.17, 15) is 9.59 Å². The molecule has 1 atom stereocenters. The lowest BCUT2D eigenvalue weighted by Crippen LogP contribution is -2.46. The van der Waals surface area contributed by atoms with Crippen molar-refractivity contribution in [1.29, 1.82) is 0 Å². The summed E-state index contributed by atoms with van der Waals surface area (Å²) in [5.74, 6) is 1.25. The van der Waals surface area contributed by atoms with Gasteiger partial charge in [0.05, 0.1) is 12.5 Å². The molecule has 1 saturated carbocycles. The Labute approximate surface area is 143 Å². The van der Waals surface area contributed by atoms with Gasteiger partial charge in [-0.05, 0) is 50.3 Å². The van der Waals surface area contributed by atoms with Crippen molar-refractivity contribution in [3.63, 3.8) is 0 Å². The third kappa shape index (κ3) is 4.49. The molecule has 0 spiro atoms. The van der Waals surface area contributed by atoms with Gasteiger partial charge in [-0.1, -0.05) is 12.1 Å². The molecule has 5 heteroatoms. The molecular formula is C19H26N2O3. The lowest BCUT2D eigenvalue weighted by molar-refractivity contribution is -0.136. The van der Waals surface area contributed by atoms with E-state index in [1.807, 2.05) is 36.1 Å². The summed E-state index contributed by atoms with van der Waals surface area (Å²) in [6, 6.07) is 7.87. The quantitative estimate of drug-likeness (QED) is 0.813. The average Bonchev–Trinajstić information content (AvgIpc) is 3.43. The normalized spacial score (nSPS) is 20.5. The van der Waals surface area contributed by atoms with Crippen LogP contribution in [0, 0.1) is 18.8 Å². The number of piperidine rings is 1. The third-order valence-electron chi connectivity index (χ3n) is 4.69. The van der Waals surface area contributed by atoms with Gasteiger partial charge >= 0.3 is 0 Å². The highest BCUT2D eigenvalue weighted by Gasteiger charge is 2.36. The molecular weight excluding hydrogens is 304 g/mol. The molecule has 0 bridgehead atoms. The van der Waals surface area contributed by atoms with Gasteiger partial charge in [0, 0.05) is 19.0 Å². The monoisotopic (exact) mass is 330 g/mol. The smallest absolute Gasteiger partial charge is 0.225 e. The number of carbonyl (C=O) groups excluding carboxylic acids is 2. The Hall–Kier alpha value is -2.04. The molecule has 0 radical (unpaired) electrons. The predicted octanol–water partition coefficient (Wildman–Crippen LogP) is 2.14. The first-order valence-electron chi connectivity index (χ1n) is 8.89. The number of aryl methyl sites for hydroxylation is 1. The molecule has 1 aromatic rings. The van der Waals surface area contributed by atoms with Crippen molar-refractivity contribution >= 4 is 11.8 Å². The van der Waals surface area contributed by atoms with Crippen LogP contribution in [-0.2, 0) is 9.59 Å². The van der Waals surface area contributed by atoms with E-state index in [0.717, 1.165) is 43.5 Å². The van der Waals surface area contributed by atoms with Crippen molar-refractivity contribution < 1.29 is 14.3 Å². The van der Waals surface area contributed by atoms with Gasteiger partial charge in [0.15, 0.2) is 0 Å². The summed E-state index contributed by atoms with van der Waals surface area (Å²) in [6.45, 7) is 4.33. The summed E-state index contributed by atoms with van der Waals surface area (Å²) in [6.07, 6.45) is 3.81. The summed E-state index contributed by atoms with van der Waals surface area (Å²) >= 11 is 0.